The second kappa shape index (κ2) is 7.29. The number of anilines is 1. The minimum absolute atomic E-state index is 0.0560. The molecule has 0 aliphatic heterocycles. The number of aryl methyl sites for hydroxylation is 1. The van der Waals surface area contributed by atoms with E-state index >= 15 is 0 Å². The van der Waals surface area contributed by atoms with Gasteiger partial charge in [-0.05, 0) is 61.0 Å². The maximum absolute atomic E-state index is 13.6. The van der Waals surface area contributed by atoms with Crippen LogP contribution in [0.3, 0.4) is 0 Å². The molecule has 0 saturated heterocycles. The van der Waals surface area contributed by atoms with E-state index in [4.69, 9.17) is 17.3 Å². The summed E-state index contributed by atoms with van der Waals surface area (Å²) in [5.41, 5.74) is 9.37. The minimum atomic E-state index is -4.14. The molecular weight excluding hydrogens is 451 g/mol. The van der Waals surface area contributed by atoms with Crippen LogP contribution in [0.1, 0.15) is 5.56 Å². The van der Waals surface area contributed by atoms with Crippen molar-refractivity contribution >= 4 is 49.5 Å². The van der Waals surface area contributed by atoms with Gasteiger partial charge >= 0.3 is 0 Å². The molecule has 0 amide bonds. The Labute approximate surface area is 188 Å². The summed E-state index contributed by atoms with van der Waals surface area (Å²) in [6.07, 6.45) is 0. The van der Waals surface area contributed by atoms with Crippen molar-refractivity contribution in [2.75, 3.05) is 5.73 Å². The number of rotatable bonds is 3. The molecule has 0 fully saturated rings. The Balaban J connectivity index is 1.91. The highest BCUT2D eigenvalue weighted by Crippen LogP contribution is 2.37. The number of halogens is 2. The molecule has 2 aromatic heterocycles. The van der Waals surface area contributed by atoms with Gasteiger partial charge in [0, 0.05) is 5.02 Å². The summed E-state index contributed by atoms with van der Waals surface area (Å²) in [6, 6.07) is 17.0. The fourth-order valence-corrected chi connectivity index (χ4v) is 5.28. The fourth-order valence-electron chi connectivity index (χ4n) is 3.61. The van der Waals surface area contributed by atoms with Gasteiger partial charge < -0.3 is 5.73 Å². The first-order valence-electron chi connectivity index (χ1n) is 9.61. The van der Waals surface area contributed by atoms with E-state index in [1.54, 1.807) is 30.3 Å². The predicted molar refractivity (Wildman–Crippen MR) is 122 cm³/mol. The Kier molecular flexibility index (Phi) is 4.65. The monoisotopic (exact) mass is 466 g/mol. The zero-order valence-corrected chi connectivity index (χ0v) is 18.3. The number of para-hydroxylation sites is 2. The molecular formula is C23H16ClFN4O2S. The molecule has 0 atom stereocenters. The third-order valence-electron chi connectivity index (χ3n) is 5.26. The van der Waals surface area contributed by atoms with Gasteiger partial charge in [0.15, 0.2) is 5.65 Å². The predicted octanol–water partition coefficient (Wildman–Crippen LogP) is 5.09. The molecule has 0 bridgehead atoms. The molecule has 5 rings (SSSR count). The zero-order chi connectivity index (χ0) is 22.6. The molecule has 0 unspecified atom stereocenters. The number of nitrogens with zero attached hydrogens (tertiary/aromatic N) is 3. The highest BCUT2D eigenvalue weighted by molar-refractivity contribution is 7.92. The van der Waals surface area contributed by atoms with Crippen LogP contribution in [0.5, 0.6) is 0 Å². The molecule has 0 aliphatic rings. The van der Waals surface area contributed by atoms with Crippen LogP contribution >= 0.6 is 11.6 Å². The van der Waals surface area contributed by atoms with E-state index in [-0.39, 0.29) is 26.8 Å². The van der Waals surface area contributed by atoms with E-state index < -0.39 is 15.7 Å². The summed E-state index contributed by atoms with van der Waals surface area (Å²) in [4.78, 5) is 8.96. The van der Waals surface area contributed by atoms with Crippen molar-refractivity contribution in [1.82, 2.24) is 14.5 Å². The molecule has 3 aromatic carbocycles. The summed E-state index contributed by atoms with van der Waals surface area (Å²) in [5.74, 6) is -0.598. The quantitative estimate of drug-likeness (QED) is 0.374. The highest BCUT2D eigenvalue weighted by Gasteiger charge is 2.30. The van der Waals surface area contributed by atoms with Gasteiger partial charge in [-0.15, -0.1) is 0 Å². The van der Waals surface area contributed by atoms with Gasteiger partial charge in [-0.25, -0.2) is 22.8 Å². The first-order valence-corrected chi connectivity index (χ1v) is 11.5. The number of hydrogen-bond acceptors (Lipinski definition) is 5. The summed E-state index contributed by atoms with van der Waals surface area (Å²) in [6.45, 7) is 1.86. The van der Waals surface area contributed by atoms with Crippen LogP contribution in [-0.4, -0.2) is 23.0 Å². The molecule has 0 aliphatic carbocycles. The minimum Gasteiger partial charge on any atom is -0.384 e. The fraction of sp³-hybridized carbons (Fsp3) is 0.0435. The van der Waals surface area contributed by atoms with Crippen molar-refractivity contribution in [3.63, 3.8) is 0 Å². The van der Waals surface area contributed by atoms with Crippen molar-refractivity contribution in [1.29, 1.82) is 0 Å². The Morgan fingerprint density at radius 3 is 2.28 bits per heavy atom. The number of sulfone groups is 1. The van der Waals surface area contributed by atoms with Crippen LogP contribution in [-0.2, 0) is 9.84 Å². The van der Waals surface area contributed by atoms with Crippen LogP contribution in [0.25, 0.3) is 27.9 Å². The Bertz CT molecular complexity index is 1630. The number of aromatic nitrogens is 3. The molecule has 0 spiro atoms. The van der Waals surface area contributed by atoms with E-state index in [0.29, 0.717) is 21.7 Å². The SMILES string of the molecule is Cc1ccc(-n2c(N)c(S(=O)(=O)c3ccc(F)cc3)c3nc4ccccc4nc32)cc1Cl. The molecule has 9 heteroatoms. The standard InChI is InChI=1S/C23H16ClFN4O2S/c1-13-6-9-15(12-17(13)24)29-22(26)21(32(30,31)16-10-7-14(25)8-11-16)20-23(29)28-19-5-3-2-4-18(19)27-20/h2-12H,26H2,1H3. The summed E-state index contributed by atoms with van der Waals surface area (Å²) in [7, 11) is -4.14. The average Bonchev–Trinajstić information content (AvgIpc) is 3.05. The molecule has 160 valence electrons. The van der Waals surface area contributed by atoms with Crippen molar-refractivity contribution in [2.45, 2.75) is 16.7 Å². The second-order valence-electron chi connectivity index (χ2n) is 7.33. The first kappa shape index (κ1) is 20.4. The average molecular weight is 467 g/mol. The molecule has 0 radical (unpaired) electrons. The van der Waals surface area contributed by atoms with Crippen molar-refractivity contribution in [3.8, 4) is 5.69 Å². The Morgan fingerprint density at radius 1 is 0.969 bits per heavy atom. The van der Waals surface area contributed by atoms with Crippen LogP contribution in [0.4, 0.5) is 10.2 Å². The number of nitrogens with two attached hydrogens (primary N) is 1. The lowest BCUT2D eigenvalue weighted by Crippen LogP contribution is -2.07. The van der Waals surface area contributed by atoms with E-state index in [9.17, 15) is 12.8 Å². The van der Waals surface area contributed by atoms with E-state index in [1.165, 1.54) is 16.7 Å². The van der Waals surface area contributed by atoms with E-state index in [0.717, 1.165) is 17.7 Å². The van der Waals surface area contributed by atoms with Crippen molar-refractivity contribution in [2.24, 2.45) is 0 Å². The van der Waals surface area contributed by atoms with Crippen LogP contribution in [0.2, 0.25) is 5.02 Å². The van der Waals surface area contributed by atoms with E-state index in [1.807, 2.05) is 19.1 Å². The van der Waals surface area contributed by atoms with Crippen LogP contribution in [0.15, 0.2) is 76.5 Å². The molecule has 5 aromatic rings. The summed E-state index contributed by atoms with van der Waals surface area (Å²) < 4.78 is 42.1. The highest BCUT2D eigenvalue weighted by atomic mass is 35.5. The lowest BCUT2D eigenvalue weighted by Gasteiger charge is -2.10. The molecule has 0 saturated carbocycles. The van der Waals surface area contributed by atoms with Gasteiger partial charge in [-0.1, -0.05) is 29.8 Å². The number of nitrogen functional groups attached to an aromatic ring is 1. The summed E-state index contributed by atoms with van der Waals surface area (Å²) >= 11 is 6.33. The lowest BCUT2D eigenvalue weighted by atomic mass is 10.2. The normalized spacial score (nSPS) is 12.0. The van der Waals surface area contributed by atoms with Crippen molar-refractivity contribution < 1.29 is 12.8 Å². The van der Waals surface area contributed by atoms with Crippen molar-refractivity contribution in [3.05, 3.63) is 83.1 Å². The zero-order valence-electron chi connectivity index (χ0n) is 16.8. The van der Waals surface area contributed by atoms with Crippen LogP contribution < -0.4 is 5.73 Å². The van der Waals surface area contributed by atoms with Gasteiger partial charge in [0.05, 0.1) is 21.6 Å². The first-order chi connectivity index (χ1) is 15.3. The Hall–Kier alpha value is -3.49. The Morgan fingerprint density at radius 2 is 1.62 bits per heavy atom. The lowest BCUT2D eigenvalue weighted by molar-refractivity contribution is 0.595. The molecule has 2 N–H and O–H groups in total. The second-order valence-corrected chi connectivity index (χ2v) is 9.62. The molecule has 6 nitrogen and oxygen atoms in total. The summed E-state index contributed by atoms with van der Waals surface area (Å²) in [5, 5.41) is 0.500. The van der Waals surface area contributed by atoms with Gasteiger partial charge in [-0.3, -0.25) is 4.57 Å². The van der Waals surface area contributed by atoms with Gasteiger partial charge in [0.2, 0.25) is 9.84 Å². The van der Waals surface area contributed by atoms with Gasteiger partial charge in [0.25, 0.3) is 0 Å². The molecule has 2 heterocycles. The smallest absolute Gasteiger partial charge is 0.212 e. The van der Waals surface area contributed by atoms with Crippen LogP contribution in [0, 0.1) is 12.7 Å². The maximum Gasteiger partial charge on any atom is 0.212 e. The van der Waals surface area contributed by atoms with Gasteiger partial charge in [0.1, 0.15) is 22.0 Å². The largest absolute Gasteiger partial charge is 0.384 e. The van der Waals surface area contributed by atoms with E-state index in [2.05, 4.69) is 9.97 Å². The van der Waals surface area contributed by atoms with Gasteiger partial charge in [-0.2, -0.15) is 0 Å². The number of hydrogen-bond donors (Lipinski definition) is 1. The topological polar surface area (TPSA) is 90.9 Å². The maximum atomic E-state index is 13.6. The molecule has 32 heavy (non-hydrogen) atoms. The number of fused-ring (bicyclic) bond motifs is 2. The third kappa shape index (κ3) is 3.11. The third-order valence-corrected chi connectivity index (χ3v) is 7.50. The number of benzene rings is 3.